The molecule has 0 heterocycles. The summed E-state index contributed by atoms with van der Waals surface area (Å²) >= 11 is 5.22. The minimum Gasteiger partial charge on any atom is -0.393 e. The largest absolute Gasteiger partial charge is 0.393 e. The van der Waals surface area contributed by atoms with E-state index in [0.29, 0.717) is 10.8 Å². The Morgan fingerprint density at radius 3 is 2.55 bits per heavy atom. The highest BCUT2D eigenvalue weighted by Crippen LogP contribution is 2.25. The van der Waals surface area contributed by atoms with Crippen molar-refractivity contribution < 1.29 is 4.92 Å². The fraction of sp³-hybridized carbons (Fsp3) is 0.133. The SMILES string of the molecule is CCc1cccc(NC(=S)Nc2ccc(N)c([N+](=O)[O-])c2)c1. The van der Waals surface area contributed by atoms with Crippen molar-refractivity contribution in [2.24, 2.45) is 0 Å². The molecular weight excluding hydrogens is 300 g/mol. The van der Waals surface area contributed by atoms with Gasteiger partial charge in [-0.25, -0.2) is 0 Å². The molecule has 114 valence electrons. The fourth-order valence-corrected chi connectivity index (χ4v) is 2.18. The van der Waals surface area contributed by atoms with Crippen molar-refractivity contribution in [1.82, 2.24) is 0 Å². The fourth-order valence-electron chi connectivity index (χ4n) is 1.94. The topological polar surface area (TPSA) is 93.2 Å². The van der Waals surface area contributed by atoms with Gasteiger partial charge in [0.25, 0.3) is 5.69 Å². The maximum Gasteiger partial charge on any atom is 0.294 e. The van der Waals surface area contributed by atoms with Crippen LogP contribution in [0.25, 0.3) is 0 Å². The Labute approximate surface area is 133 Å². The first-order valence-corrected chi connectivity index (χ1v) is 7.11. The molecule has 0 saturated heterocycles. The lowest BCUT2D eigenvalue weighted by Crippen LogP contribution is -2.19. The van der Waals surface area contributed by atoms with Crippen LogP contribution in [0.3, 0.4) is 0 Å². The first kappa shape index (κ1) is 15.7. The number of nitro groups is 1. The molecule has 0 unspecified atom stereocenters. The van der Waals surface area contributed by atoms with Crippen LogP contribution in [-0.4, -0.2) is 10.0 Å². The van der Waals surface area contributed by atoms with Crippen molar-refractivity contribution in [3.8, 4) is 0 Å². The van der Waals surface area contributed by atoms with E-state index in [1.54, 1.807) is 6.07 Å². The Bertz CT molecular complexity index is 718. The van der Waals surface area contributed by atoms with E-state index in [0.717, 1.165) is 12.1 Å². The van der Waals surface area contributed by atoms with Gasteiger partial charge in [0.15, 0.2) is 5.11 Å². The predicted octanol–water partition coefficient (Wildman–Crippen LogP) is 3.55. The summed E-state index contributed by atoms with van der Waals surface area (Å²) in [5.74, 6) is 0. The van der Waals surface area contributed by atoms with Crippen LogP contribution in [-0.2, 0) is 6.42 Å². The monoisotopic (exact) mass is 316 g/mol. The molecular formula is C15H16N4O2S. The summed E-state index contributed by atoms with van der Waals surface area (Å²) in [5.41, 5.74) is 8.08. The van der Waals surface area contributed by atoms with Gasteiger partial charge in [-0.3, -0.25) is 10.1 Å². The molecule has 0 atom stereocenters. The van der Waals surface area contributed by atoms with E-state index in [1.165, 1.54) is 17.7 Å². The Balaban J connectivity index is 2.08. The van der Waals surface area contributed by atoms with Gasteiger partial charge in [0.05, 0.1) is 4.92 Å². The minimum absolute atomic E-state index is 0.116. The second-order valence-electron chi connectivity index (χ2n) is 4.66. The molecule has 4 N–H and O–H groups in total. The number of nitro benzene ring substituents is 1. The molecule has 0 saturated carbocycles. The summed E-state index contributed by atoms with van der Waals surface area (Å²) in [4.78, 5) is 10.3. The van der Waals surface area contributed by atoms with Gasteiger partial charge in [0, 0.05) is 17.4 Å². The minimum atomic E-state index is -0.526. The smallest absolute Gasteiger partial charge is 0.294 e. The first-order valence-electron chi connectivity index (χ1n) is 6.70. The Kier molecular flexibility index (Phi) is 4.90. The molecule has 0 aliphatic heterocycles. The van der Waals surface area contributed by atoms with Crippen LogP contribution < -0.4 is 16.4 Å². The van der Waals surface area contributed by atoms with E-state index in [2.05, 4.69) is 17.6 Å². The number of thiocarbonyl (C=S) groups is 1. The van der Waals surface area contributed by atoms with E-state index >= 15 is 0 Å². The van der Waals surface area contributed by atoms with Gasteiger partial charge in [0.1, 0.15) is 5.69 Å². The molecule has 0 aromatic heterocycles. The zero-order valence-electron chi connectivity index (χ0n) is 12.0. The number of rotatable bonds is 4. The second-order valence-corrected chi connectivity index (χ2v) is 5.07. The molecule has 0 bridgehead atoms. The van der Waals surface area contributed by atoms with Crippen molar-refractivity contribution >= 4 is 40.1 Å². The average Bonchev–Trinajstić information content (AvgIpc) is 2.49. The molecule has 0 amide bonds. The van der Waals surface area contributed by atoms with Gasteiger partial charge in [-0.15, -0.1) is 0 Å². The highest BCUT2D eigenvalue weighted by molar-refractivity contribution is 7.80. The Morgan fingerprint density at radius 2 is 1.91 bits per heavy atom. The molecule has 0 radical (unpaired) electrons. The van der Waals surface area contributed by atoms with Crippen molar-refractivity contribution in [3.63, 3.8) is 0 Å². The van der Waals surface area contributed by atoms with Gasteiger partial charge >= 0.3 is 0 Å². The highest BCUT2D eigenvalue weighted by Gasteiger charge is 2.12. The highest BCUT2D eigenvalue weighted by atomic mass is 32.1. The third-order valence-corrected chi connectivity index (χ3v) is 3.28. The Morgan fingerprint density at radius 1 is 1.23 bits per heavy atom. The maximum atomic E-state index is 10.9. The lowest BCUT2D eigenvalue weighted by atomic mass is 10.1. The summed E-state index contributed by atoms with van der Waals surface area (Å²) in [7, 11) is 0. The molecule has 0 fully saturated rings. The molecule has 0 spiro atoms. The molecule has 7 heteroatoms. The van der Waals surface area contributed by atoms with E-state index in [4.69, 9.17) is 18.0 Å². The number of aryl methyl sites for hydroxylation is 1. The van der Waals surface area contributed by atoms with Gasteiger partial charge in [-0.1, -0.05) is 19.1 Å². The van der Waals surface area contributed by atoms with Crippen molar-refractivity contribution in [2.75, 3.05) is 16.4 Å². The number of hydrogen-bond acceptors (Lipinski definition) is 4. The standard InChI is InChI=1S/C15H16N4O2S/c1-2-10-4-3-5-11(8-10)17-15(22)18-12-6-7-13(16)14(9-12)19(20)21/h3-9H,2,16H2,1H3,(H2,17,18,22). The van der Waals surface area contributed by atoms with E-state index in [9.17, 15) is 10.1 Å². The van der Waals surface area contributed by atoms with Gasteiger partial charge in [-0.05, 0) is 48.5 Å². The van der Waals surface area contributed by atoms with Gasteiger partial charge in [-0.2, -0.15) is 0 Å². The van der Waals surface area contributed by atoms with Crippen LogP contribution >= 0.6 is 12.2 Å². The predicted molar refractivity (Wildman–Crippen MR) is 93.2 cm³/mol. The van der Waals surface area contributed by atoms with Crippen LogP contribution in [0, 0.1) is 10.1 Å². The van der Waals surface area contributed by atoms with E-state index < -0.39 is 4.92 Å². The zero-order chi connectivity index (χ0) is 16.1. The zero-order valence-corrected chi connectivity index (χ0v) is 12.8. The lowest BCUT2D eigenvalue weighted by molar-refractivity contribution is -0.383. The third-order valence-electron chi connectivity index (χ3n) is 3.08. The first-order chi connectivity index (χ1) is 10.5. The third kappa shape index (κ3) is 3.92. The molecule has 2 aromatic rings. The summed E-state index contributed by atoms with van der Waals surface area (Å²) in [6.45, 7) is 2.07. The van der Waals surface area contributed by atoms with Gasteiger partial charge in [0.2, 0.25) is 0 Å². The molecule has 22 heavy (non-hydrogen) atoms. The van der Waals surface area contributed by atoms with Crippen LogP contribution in [0.2, 0.25) is 0 Å². The number of nitrogens with one attached hydrogen (secondary N) is 2. The van der Waals surface area contributed by atoms with E-state index in [-0.39, 0.29) is 11.4 Å². The second kappa shape index (κ2) is 6.86. The van der Waals surface area contributed by atoms with Gasteiger partial charge < -0.3 is 16.4 Å². The van der Waals surface area contributed by atoms with Crippen LogP contribution in [0.15, 0.2) is 42.5 Å². The number of hydrogen-bond donors (Lipinski definition) is 3. The van der Waals surface area contributed by atoms with Crippen molar-refractivity contribution in [1.29, 1.82) is 0 Å². The number of nitrogens with zero attached hydrogens (tertiary/aromatic N) is 1. The normalized spacial score (nSPS) is 10.0. The number of nitrogens with two attached hydrogens (primary N) is 1. The summed E-state index contributed by atoms with van der Waals surface area (Å²) in [6, 6.07) is 12.3. The summed E-state index contributed by atoms with van der Waals surface area (Å²) < 4.78 is 0. The number of nitrogen functional groups attached to an aromatic ring is 1. The van der Waals surface area contributed by atoms with Crippen molar-refractivity contribution in [2.45, 2.75) is 13.3 Å². The average molecular weight is 316 g/mol. The lowest BCUT2D eigenvalue weighted by Gasteiger charge is -2.11. The summed E-state index contributed by atoms with van der Waals surface area (Å²) in [6.07, 6.45) is 0.930. The molecule has 6 nitrogen and oxygen atoms in total. The van der Waals surface area contributed by atoms with Crippen molar-refractivity contribution in [3.05, 3.63) is 58.1 Å². The quantitative estimate of drug-likeness (QED) is 0.346. The molecule has 0 aliphatic rings. The summed E-state index contributed by atoms with van der Waals surface area (Å²) in [5, 5.41) is 17.2. The van der Waals surface area contributed by atoms with Crippen LogP contribution in [0.4, 0.5) is 22.7 Å². The maximum absolute atomic E-state index is 10.9. The van der Waals surface area contributed by atoms with Crippen LogP contribution in [0.1, 0.15) is 12.5 Å². The molecule has 2 rings (SSSR count). The number of benzene rings is 2. The Hall–Kier alpha value is -2.67. The molecule has 2 aromatic carbocycles. The number of anilines is 3. The van der Waals surface area contributed by atoms with E-state index in [1.807, 2.05) is 24.3 Å². The molecule has 0 aliphatic carbocycles. The van der Waals surface area contributed by atoms with Crippen LogP contribution in [0.5, 0.6) is 0 Å².